The molecule has 160 valence electrons. The molecular weight excluding hydrogens is 362 g/mol. The first kappa shape index (κ1) is 20.5. The molecule has 3 fully saturated rings. The molecule has 1 amide bonds. The van der Waals surface area contributed by atoms with Crippen LogP contribution in [0, 0.1) is 5.92 Å². The molecule has 0 aromatic heterocycles. The van der Waals surface area contributed by atoms with Crippen LogP contribution in [0.3, 0.4) is 0 Å². The number of amides is 1. The summed E-state index contributed by atoms with van der Waals surface area (Å²) in [5.74, 6) is 1.58. The summed E-state index contributed by atoms with van der Waals surface area (Å²) in [6, 6.07) is 9.41. The topological polar surface area (TPSA) is 44.8 Å². The number of hydrogen-bond acceptors (Lipinski definition) is 4. The average molecular weight is 400 g/mol. The molecule has 0 spiro atoms. The van der Waals surface area contributed by atoms with Crippen molar-refractivity contribution in [3.05, 3.63) is 24.3 Å². The van der Waals surface area contributed by atoms with E-state index < -0.39 is 0 Å². The van der Waals surface area contributed by atoms with Crippen LogP contribution < -0.4 is 15.0 Å². The molecule has 5 nitrogen and oxygen atoms in total. The maximum absolute atomic E-state index is 12.5. The van der Waals surface area contributed by atoms with E-state index in [0.717, 1.165) is 57.6 Å². The maximum atomic E-state index is 12.5. The number of carbonyl (C=O) groups is 1. The van der Waals surface area contributed by atoms with Gasteiger partial charge in [0.2, 0.25) is 5.91 Å². The molecule has 4 rings (SSSR count). The van der Waals surface area contributed by atoms with E-state index in [1.54, 1.807) is 7.11 Å². The molecule has 5 heteroatoms. The largest absolute Gasteiger partial charge is 0.495 e. The molecule has 0 atom stereocenters. The van der Waals surface area contributed by atoms with Crippen molar-refractivity contribution in [1.29, 1.82) is 0 Å². The van der Waals surface area contributed by atoms with Crippen LogP contribution in [0.5, 0.6) is 5.75 Å². The second kappa shape index (κ2) is 9.84. The van der Waals surface area contributed by atoms with Gasteiger partial charge in [0.05, 0.1) is 12.8 Å². The highest BCUT2D eigenvalue weighted by Gasteiger charge is 2.30. The number of methoxy groups -OCH3 is 1. The first-order chi connectivity index (χ1) is 14.2. The summed E-state index contributed by atoms with van der Waals surface area (Å²) in [5, 5.41) is 3.37. The molecule has 3 aliphatic rings. The predicted octanol–water partition coefficient (Wildman–Crippen LogP) is 3.82. The lowest BCUT2D eigenvalue weighted by Crippen LogP contribution is -2.52. The highest BCUT2D eigenvalue weighted by Crippen LogP contribution is 2.30. The normalized spacial score (nSPS) is 26.9. The predicted molar refractivity (Wildman–Crippen MR) is 118 cm³/mol. The minimum Gasteiger partial charge on any atom is -0.495 e. The molecule has 1 heterocycles. The van der Waals surface area contributed by atoms with Crippen LogP contribution in [-0.2, 0) is 4.79 Å². The molecule has 1 aromatic carbocycles. The van der Waals surface area contributed by atoms with E-state index in [0.29, 0.717) is 18.0 Å². The minimum absolute atomic E-state index is 0.282. The number of anilines is 1. The number of rotatable bonds is 5. The van der Waals surface area contributed by atoms with Crippen LogP contribution in [0.4, 0.5) is 5.69 Å². The molecule has 1 aromatic rings. The monoisotopic (exact) mass is 399 g/mol. The molecule has 0 unspecified atom stereocenters. The van der Waals surface area contributed by atoms with Crippen molar-refractivity contribution >= 4 is 11.6 Å². The second-order valence-corrected chi connectivity index (χ2v) is 9.04. The molecule has 1 N–H and O–H groups in total. The molecular formula is C24H37N3O2. The third-order valence-electron chi connectivity index (χ3n) is 7.28. The third-order valence-corrected chi connectivity index (χ3v) is 7.28. The Bertz CT molecular complexity index is 658. The Kier molecular flexibility index (Phi) is 6.96. The Balaban J connectivity index is 1.21. The van der Waals surface area contributed by atoms with Crippen LogP contribution in [0.2, 0.25) is 0 Å². The summed E-state index contributed by atoms with van der Waals surface area (Å²) in [7, 11) is 1.75. The van der Waals surface area contributed by atoms with E-state index in [2.05, 4.69) is 27.2 Å². The van der Waals surface area contributed by atoms with Gasteiger partial charge in [0, 0.05) is 44.2 Å². The fraction of sp³-hybridized carbons (Fsp3) is 0.708. The van der Waals surface area contributed by atoms with Crippen LogP contribution in [0.1, 0.15) is 57.8 Å². The van der Waals surface area contributed by atoms with E-state index in [-0.39, 0.29) is 5.92 Å². The molecule has 0 bridgehead atoms. The Hall–Kier alpha value is -1.75. The van der Waals surface area contributed by atoms with Crippen molar-refractivity contribution in [3.63, 3.8) is 0 Å². The van der Waals surface area contributed by atoms with Gasteiger partial charge in [0.25, 0.3) is 0 Å². The molecule has 2 saturated carbocycles. The molecule has 29 heavy (non-hydrogen) atoms. The van der Waals surface area contributed by atoms with Gasteiger partial charge in [0.1, 0.15) is 5.75 Å². The van der Waals surface area contributed by atoms with Crippen molar-refractivity contribution in [3.8, 4) is 5.75 Å². The van der Waals surface area contributed by atoms with Crippen LogP contribution in [-0.4, -0.2) is 56.2 Å². The Morgan fingerprint density at radius 1 is 0.931 bits per heavy atom. The summed E-state index contributed by atoms with van der Waals surface area (Å²) < 4.78 is 5.54. The zero-order valence-electron chi connectivity index (χ0n) is 17.9. The van der Waals surface area contributed by atoms with Crippen LogP contribution >= 0.6 is 0 Å². The van der Waals surface area contributed by atoms with Crippen molar-refractivity contribution in [1.82, 2.24) is 10.2 Å². The van der Waals surface area contributed by atoms with E-state index in [1.807, 2.05) is 12.1 Å². The van der Waals surface area contributed by atoms with Gasteiger partial charge < -0.3 is 15.0 Å². The lowest BCUT2D eigenvalue weighted by atomic mass is 9.86. The summed E-state index contributed by atoms with van der Waals surface area (Å²) >= 11 is 0. The van der Waals surface area contributed by atoms with E-state index in [4.69, 9.17) is 4.74 Å². The number of ether oxygens (including phenoxy) is 1. The van der Waals surface area contributed by atoms with E-state index in [1.165, 1.54) is 37.8 Å². The SMILES string of the molecule is COc1ccccc1N1CCN(C2CCC(NC(=O)C3CCCCC3)CC2)CC1. The summed E-state index contributed by atoms with van der Waals surface area (Å²) in [6.45, 7) is 4.33. The fourth-order valence-corrected chi connectivity index (χ4v) is 5.49. The van der Waals surface area contributed by atoms with Crippen molar-refractivity contribution in [2.75, 3.05) is 38.2 Å². The minimum atomic E-state index is 0.282. The van der Waals surface area contributed by atoms with Crippen molar-refractivity contribution in [2.45, 2.75) is 69.9 Å². The smallest absolute Gasteiger partial charge is 0.223 e. The van der Waals surface area contributed by atoms with Gasteiger partial charge in [-0.1, -0.05) is 31.4 Å². The summed E-state index contributed by atoms with van der Waals surface area (Å²) in [4.78, 5) is 17.7. The van der Waals surface area contributed by atoms with Gasteiger partial charge in [0.15, 0.2) is 0 Å². The fourth-order valence-electron chi connectivity index (χ4n) is 5.49. The van der Waals surface area contributed by atoms with Crippen molar-refractivity contribution in [2.24, 2.45) is 5.92 Å². The molecule has 1 aliphatic heterocycles. The molecule has 0 radical (unpaired) electrons. The number of hydrogen-bond donors (Lipinski definition) is 1. The highest BCUT2D eigenvalue weighted by atomic mass is 16.5. The van der Waals surface area contributed by atoms with Gasteiger partial charge in [-0.25, -0.2) is 0 Å². The molecule has 1 saturated heterocycles. The van der Waals surface area contributed by atoms with Crippen molar-refractivity contribution < 1.29 is 9.53 Å². The van der Waals surface area contributed by atoms with E-state index >= 15 is 0 Å². The third kappa shape index (κ3) is 5.06. The average Bonchev–Trinajstić information content (AvgIpc) is 2.80. The van der Waals surface area contributed by atoms with Crippen LogP contribution in [0.25, 0.3) is 0 Å². The lowest BCUT2D eigenvalue weighted by molar-refractivity contribution is -0.127. The zero-order valence-corrected chi connectivity index (χ0v) is 17.9. The Labute approximate surface area is 175 Å². The van der Waals surface area contributed by atoms with Gasteiger partial charge in [-0.3, -0.25) is 9.69 Å². The Morgan fingerprint density at radius 3 is 2.31 bits per heavy atom. The second-order valence-electron chi connectivity index (χ2n) is 9.04. The maximum Gasteiger partial charge on any atom is 0.223 e. The van der Waals surface area contributed by atoms with Gasteiger partial charge in [-0.2, -0.15) is 0 Å². The van der Waals surface area contributed by atoms with Gasteiger partial charge in [-0.05, 0) is 50.7 Å². The van der Waals surface area contributed by atoms with Gasteiger partial charge in [-0.15, -0.1) is 0 Å². The number of benzene rings is 1. The van der Waals surface area contributed by atoms with Gasteiger partial charge >= 0.3 is 0 Å². The zero-order chi connectivity index (χ0) is 20.1. The lowest BCUT2D eigenvalue weighted by Gasteiger charge is -2.43. The standard InChI is InChI=1S/C24H37N3O2/c1-29-23-10-6-5-9-22(23)27-17-15-26(16-18-27)21-13-11-20(12-14-21)25-24(28)19-7-3-2-4-8-19/h5-6,9-10,19-21H,2-4,7-8,11-18H2,1H3,(H,25,28). The van der Waals surface area contributed by atoms with E-state index in [9.17, 15) is 4.79 Å². The number of carbonyl (C=O) groups excluding carboxylic acids is 1. The summed E-state index contributed by atoms with van der Waals surface area (Å²) in [5.41, 5.74) is 1.21. The number of para-hydroxylation sites is 2. The quantitative estimate of drug-likeness (QED) is 0.817. The number of piperazine rings is 1. The highest BCUT2D eigenvalue weighted by molar-refractivity contribution is 5.79. The Morgan fingerprint density at radius 2 is 1.62 bits per heavy atom. The first-order valence-electron chi connectivity index (χ1n) is 11.7. The number of nitrogens with zero attached hydrogens (tertiary/aromatic N) is 2. The molecule has 2 aliphatic carbocycles. The number of nitrogens with one attached hydrogen (secondary N) is 1. The first-order valence-corrected chi connectivity index (χ1v) is 11.7. The summed E-state index contributed by atoms with van der Waals surface area (Å²) in [6.07, 6.45) is 10.6. The van der Waals surface area contributed by atoms with Crippen LogP contribution in [0.15, 0.2) is 24.3 Å².